The van der Waals surface area contributed by atoms with Crippen molar-refractivity contribution in [1.29, 1.82) is 0 Å². The molecule has 0 aliphatic rings. The van der Waals surface area contributed by atoms with Crippen LogP contribution in [0.4, 0.5) is 20.2 Å². The van der Waals surface area contributed by atoms with Crippen molar-refractivity contribution < 1.29 is 8.78 Å². The van der Waals surface area contributed by atoms with Crippen molar-refractivity contribution in [3.63, 3.8) is 0 Å². The monoisotopic (exact) mass is 292 g/mol. The summed E-state index contributed by atoms with van der Waals surface area (Å²) in [4.78, 5) is 0. The smallest absolute Gasteiger partial charge is 0.175 e. The molecule has 0 atom stereocenters. The molecule has 0 bridgehead atoms. The molecule has 2 aromatic rings. The van der Waals surface area contributed by atoms with E-state index in [9.17, 15) is 8.78 Å². The second kappa shape index (κ2) is 5.96. The van der Waals surface area contributed by atoms with Crippen molar-refractivity contribution in [1.82, 2.24) is 0 Å². The second-order valence-corrected chi connectivity index (χ2v) is 4.91. The quantitative estimate of drug-likeness (QED) is 0.803. The Labute approximate surface area is 121 Å². The van der Waals surface area contributed by atoms with Gasteiger partial charge in [0.1, 0.15) is 11.6 Å². The van der Waals surface area contributed by atoms with E-state index in [0.717, 1.165) is 11.3 Å². The Morgan fingerprint density at radius 3 is 2.35 bits per heavy atom. The number of thiocarbonyl (C=S) groups is 1. The normalized spacial score (nSPS) is 10.2. The molecule has 2 aromatic carbocycles. The van der Waals surface area contributed by atoms with E-state index in [1.54, 1.807) is 32.0 Å². The van der Waals surface area contributed by atoms with Gasteiger partial charge in [-0.15, -0.1) is 0 Å². The van der Waals surface area contributed by atoms with Gasteiger partial charge < -0.3 is 10.6 Å². The summed E-state index contributed by atoms with van der Waals surface area (Å²) >= 11 is 5.18. The molecule has 2 N–H and O–H groups in total. The van der Waals surface area contributed by atoms with Crippen molar-refractivity contribution in [3.8, 4) is 0 Å². The molecular formula is C15H14F2N2S. The first-order valence-corrected chi connectivity index (χ1v) is 6.47. The highest BCUT2D eigenvalue weighted by Crippen LogP contribution is 2.17. The van der Waals surface area contributed by atoms with Crippen LogP contribution in [-0.2, 0) is 0 Å². The largest absolute Gasteiger partial charge is 0.332 e. The van der Waals surface area contributed by atoms with E-state index in [4.69, 9.17) is 12.2 Å². The van der Waals surface area contributed by atoms with Gasteiger partial charge in [0.2, 0.25) is 0 Å². The van der Waals surface area contributed by atoms with Crippen molar-refractivity contribution in [2.24, 2.45) is 0 Å². The third-order valence-corrected chi connectivity index (χ3v) is 3.06. The molecule has 0 aromatic heterocycles. The van der Waals surface area contributed by atoms with Gasteiger partial charge >= 0.3 is 0 Å². The highest BCUT2D eigenvalue weighted by Gasteiger charge is 2.04. The molecule has 0 radical (unpaired) electrons. The minimum absolute atomic E-state index is 0.260. The average Bonchev–Trinajstić information content (AvgIpc) is 2.37. The minimum atomic E-state index is -0.291. The van der Waals surface area contributed by atoms with Crippen LogP contribution in [0.5, 0.6) is 0 Å². The summed E-state index contributed by atoms with van der Waals surface area (Å²) in [7, 11) is 0. The van der Waals surface area contributed by atoms with Gasteiger partial charge in [0.25, 0.3) is 0 Å². The number of halogens is 2. The molecule has 2 nitrogen and oxygen atoms in total. The fourth-order valence-corrected chi connectivity index (χ4v) is 2.00. The van der Waals surface area contributed by atoms with Gasteiger partial charge in [-0.3, -0.25) is 0 Å². The number of anilines is 2. The Morgan fingerprint density at radius 2 is 1.70 bits per heavy atom. The Hall–Kier alpha value is -2.01. The maximum atomic E-state index is 13.2. The first-order valence-electron chi connectivity index (χ1n) is 6.06. The number of hydrogen-bond donors (Lipinski definition) is 2. The number of aryl methyl sites for hydroxylation is 2. The summed E-state index contributed by atoms with van der Waals surface area (Å²) in [6.07, 6.45) is 0. The molecule has 0 saturated carbocycles. The number of rotatable bonds is 2. The molecule has 0 amide bonds. The third kappa shape index (κ3) is 3.51. The van der Waals surface area contributed by atoms with E-state index < -0.39 is 0 Å². The maximum Gasteiger partial charge on any atom is 0.175 e. The second-order valence-electron chi connectivity index (χ2n) is 4.50. The van der Waals surface area contributed by atoms with Crippen LogP contribution in [-0.4, -0.2) is 5.11 Å². The minimum Gasteiger partial charge on any atom is -0.332 e. The maximum absolute atomic E-state index is 13.2. The lowest BCUT2D eigenvalue weighted by molar-refractivity contribution is 0.619. The molecule has 0 aliphatic carbocycles. The lowest BCUT2D eigenvalue weighted by atomic mass is 10.2. The summed E-state index contributed by atoms with van der Waals surface area (Å²) in [5.41, 5.74) is 2.71. The first kappa shape index (κ1) is 14.4. The number of nitrogens with one attached hydrogen (secondary N) is 2. The Bertz CT molecular complexity index is 656. The zero-order chi connectivity index (χ0) is 14.7. The highest BCUT2D eigenvalue weighted by molar-refractivity contribution is 7.80. The Balaban J connectivity index is 2.07. The van der Waals surface area contributed by atoms with Crippen molar-refractivity contribution in [2.75, 3.05) is 10.6 Å². The highest BCUT2D eigenvalue weighted by atomic mass is 32.1. The zero-order valence-corrected chi connectivity index (χ0v) is 11.9. The van der Waals surface area contributed by atoms with Gasteiger partial charge in [-0.25, -0.2) is 8.78 Å². The van der Waals surface area contributed by atoms with Crippen molar-refractivity contribution >= 4 is 28.7 Å². The van der Waals surface area contributed by atoms with E-state index in [2.05, 4.69) is 10.6 Å². The number of benzene rings is 2. The SMILES string of the molecule is Cc1cc(NC(=S)Nc2ccc(F)cc2C)ccc1F. The molecule has 0 spiro atoms. The molecule has 2 rings (SSSR count). The van der Waals surface area contributed by atoms with E-state index in [1.165, 1.54) is 18.2 Å². The van der Waals surface area contributed by atoms with Gasteiger partial charge in [0.05, 0.1) is 0 Å². The van der Waals surface area contributed by atoms with Gasteiger partial charge in [-0.2, -0.15) is 0 Å². The Kier molecular flexibility index (Phi) is 4.29. The van der Waals surface area contributed by atoms with Crippen LogP contribution in [0, 0.1) is 25.5 Å². The van der Waals surface area contributed by atoms with Gasteiger partial charge in [-0.1, -0.05) is 0 Å². The topological polar surface area (TPSA) is 24.1 Å². The number of hydrogen-bond acceptors (Lipinski definition) is 1. The summed E-state index contributed by atoms with van der Waals surface area (Å²) < 4.78 is 26.2. The van der Waals surface area contributed by atoms with Crippen LogP contribution in [0.3, 0.4) is 0 Å². The van der Waals surface area contributed by atoms with Crippen LogP contribution in [0.2, 0.25) is 0 Å². The molecule has 0 aliphatic heterocycles. The first-order chi connectivity index (χ1) is 9.45. The molecule has 5 heteroatoms. The lowest BCUT2D eigenvalue weighted by Gasteiger charge is -2.13. The van der Waals surface area contributed by atoms with Crippen molar-refractivity contribution in [3.05, 3.63) is 59.2 Å². The van der Waals surface area contributed by atoms with Crippen LogP contribution in [0.15, 0.2) is 36.4 Å². The van der Waals surface area contributed by atoms with Crippen LogP contribution >= 0.6 is 12.2 Å². The standard InChI is InChI=1S/C15H14F2N2S/c1-9-8-12(4-5-13(9)17)18-15(20)19-14-6-3-11(16)7-10(14)2/h3-8H,1-2H3,(H2,18,19,20). The van der Waals surface area contributed by atoms with E-state index in [1.807, 2.05) is 0 Å². The zero-order valence-electron chi connectivity index (χ0n) is 11.1. The fraction of sp³-hybridized carbons (Fsp3) is 0.133. The summed E-state index contributed by atoms with van der Waals surface area (Å²) in [5.74, 6) is -0.551. The van der Waals surface area contributed by atoms with Crippen molar-refractivity contribution in [2.45, 2.75) is 13.8 Å². The average molecular weight is 292 g/mol. The van der Waals surface area contributed by atoms with Crippen LogP contribution in [0.1, 0.15) is 11.1 Å². The predicted octanol–water partition coefficient (Wildman–Crippen LogP) is 4.39. The molecule has 0 fully saturated rings. The van der Waals surface area contributed by atoms with Crippen LogP contribution < -0.4 is 10.6 Å². The van der Waals surface area contributed by atoms with E-state index >= 15 is 0 Å². The van der Waals surface area contributed by atoms with Crippen LogP contribution in [0.25, 0.3) is 0 Å². The molecule has 0 heterocycles. The summed E-state index contributed by atoms with van der Waals surface area (Å²) in [6, 6.07) is 9.06. The molecule has 104 valence electrons. The molecule has 20 heavy (non-hydrogen) atoms. The fourth-order valence-electron chi connectivity index (χ4n) is 1.77. The molecular weight excluding hydrogens is 278 g/mol. The van der Waals surface area contributed by atoms with Gasteiger partial charge in [-0.05, 0) is 73.6 Å². The molecule has 0 saturated heterocycles. The predicted molar refractivity (Wildman–Crippen MR) is 82.1 cm³/mol. The summed E-state index contributed by atoms with van der Waals surface area (Å²) in [5, 5.41) is 6.31. The van der Waals surface area contributed by atoms with Gasteiger partial charge in [0.15, 0.2) is 5.11 Å². The lowest BCUT2D eigenvalue weighted by Crippen LogP contribution is -2.19. The molecule has 0 unspecified atom stereocenters. The summed E-state index contributed by atoms with van der Waals surface area (Å²) in [6.45, 7) is 3.47. The van der Waals surface area contributed by atoms with E-state index in [-0.39, 0.29) is 11.6 Å². The van der Waals surface area contributed by atoms with Gasteiger partial charge in [0, 0.05) is 11.4 Å². The Morgan fingerprint density at radius 1 is 0.950 bits per heavy atom. The van der Waals surface area contributed by atoms with E-state index in [0.29, 0.717) is 16.4 Å². The third-order valence-electron chi connectivity index (χ3n) is 2.85.